The molecule has 3 heteroatoms. The van der Waals surface area contributed by atoms with Crippen molar-refractivity contribution in [2.24, 2.45) is 0 Å². The molecule has 0 amide bonds. The number of hydrogen-bond donors (Lipinski definition) is 1. The zero-order chi connectivity index (χ0) is 13.1. The van der Waals surface area contributed by atoms with E-state index < -0.39 is 0 Å². The molecule has 1 N–H and O–H groups in total. The van der Waals surface area contributed by atoms with Crippen molar-refractivity contribution in [1.29, 1.82) is 5.26 Å². The van der Waals surface area contributed by atoms with Crippen molar-refractivity contribution in [3.63, 3.8) is 0 Å². The molecule has 96 valence electrons. The standard InChI is InChI=1S/C16H16N2O/c17-10-14(18-13-8-9-13)11-19-16-7-3-5-12-4-1-2-6-15(12)16/h1-7,13-14,18H,8-9,11H2. The van der Waals surface area contributed by atoms with E-state index in [2.05, 4.69) is 23.5 Å². The number of fused-ring (bicyclic) bond motifs is 1. The fourth-order valence-electron chi connectivity index (χ4n) is 2.15. The second-order valence-electron chi connectivity index (χ2n) is 4.91. The van der Waals surface area contributed by atoms with E-state index >= 15 is 0 Å². The minimum atomic E-state index is -0.230. The van der Waals surface area contributed by atoms with Gasteiger partial charge in [-0.2, -0.15) is 5.26 Å². The predicted octanol–water partition coefficient (Wildman–Crippen LogP) is 2.86. The van der Waals surface area contributed by atoms with Crippen LogP contribution in [-0.2, 0) is 0 Å². The molecule has 0 bridgehead atoms. The highest BCUT2D eigenvalue weighted by atomic mass is 16.5. The molecule has 1 aliphatic carbocycles. The third kappa shape index (κ3) is 2.86. The van der Waals surface area contributed by atoms with E-state index in [0.717, 1.165) is 16.5 Å². The molecule has 2 aromatic rings. The Morgan fingerprint density at radius 1 is 1.21 bits per heavy atom. The smallest absolute Gasteiger partial charge is 0.130 e. The van der Waals surface area contributed by atoms with Crippen LogP contribution in [0.4, 0.5) is 0 Å². The first kappa shape index (κ1) is 12.0. The molecule has 1 atom stereocenters. The van der Waals surface area contributed by atoms with Gasteiger partial charge in [0.15, 0.2) is 0 Å². The molecule has 2 aromatic carbocycles. The highest BCUT2D eigenvalue weighted by Gasteiger charge is 2.24. The maximum absolute atomic E-state index is 9.10. The average molecular weight is 252 g/mol. The van der Waals surface area contributed by atoms with Gasteiger partial charge in [-0.25, -0.2) is 0 Å². The van der Waals surface area contributed by atoms with Gasteiger partial charge >= 0.3 is 0 Å². The van der Waals surface area contributed by atoms with E-state index in [9.17, 15) is 0 Å². The van der Waals surface area contributed by atoms with Gasteiger partial charge in [-0.1, -0.05) is 36.4 Å². The van der Waals surface area contributed by atoms with Gasteiger partial charge in [-0.3, -0.25) is 5.32 Å². The molecule has 0 saturated heterocycles. The summed E-state index contributed by atoms with van der Waals surface area (Å²) in [5.41, 5.74) is 0. The van der Waals surface area contributed by atoms with Gasteiger partial charge in [0.2, 0.25) is 0 Å². The molecular formula is C16H16N2O. The molecule has 0 spiro atoms. The lowest BCUT2D eigenvalue weighted by Gasteiger charge is -2.13. The summed E-state index contributed by atoms with van der Waals surface area (Å²) in [5.74, 6) is 0.843. The lowest BCUT2D eigenvalue weighted by atomic mass is 10.1. The number of nitrogens with one attached hydrogen (secondary N) is 1. The highest BCUT2D eigenvalue weighted by molar-refractivity contribution is 5.88. The van der Waals surface area contributed by atoms with Crippen LogP contribution in [0, 0.1) is 11.3 Å². The van der Waals surface area contributed by atoms with E-state index in [-0.39, 0.29) is 6.04 Å². The van der Waals surface area contributed by atoms with Gasteiger partial charge in [-0.15, -0.1) is 0 Å². The normalized spacial score (nSPS) is 15.9. The molecule has 1 saturated carbocycles. The van der Waals surface area contributed by atoms with Crippen molar-refractivity contribution < 1.29 is 4.74 Å². The van der Waals surface area contributed by atoms with Crippen LogP contribution in [0.25, 0.3) is 10.8 Å². The SMILES string of the molecule is N#CC(COc1cccc2ccccc12)NC1CC1. The molecule has 0 radical (unpaired) electrons. The lowest BCUT2D eigenvalue weighted by Crippen LogP contribution is -2.34. The lowest BCUT2D eigenvalue weighted by molar-refractivity contribution is 0.291. The summed E-state index contributed by atoms with van der Waals surface area (Å²) < 4.78 is 5.82. The van der Waals surface area contributed by atoms with E-state index in [1.807, 2.05) is 30.3 Å². The van der Waals surface area contributed by atoms with Crippen LogP contribution in [0.15, 0.2) is 42.5 Å². The van der Waals surface area contributed by atoms with Crippen LogP contribution < -0.4 is 10.1 Å². The molecule has 3 nitrogen and oxygen atoms in total. The van der Waals surface area contributed by atoms with Gasteiger partial charge in [0, 0.05) is 11.4 Å². The number of hydrogen-bond acceptors (Lipinski definition) is 3. The summed E-state index contributed by atoms with van der Waals surface area (Å²) in [7, 11) is 0. The van der Waals surface area contributed by atoms with Crippen molar-refractivity contribution in [1.82, 2.24) is 5.32 Å². The Labute approximate surface area is 112 Å². The topological polar surface area (TPSA) is 45.0 Å². The van der Waals surface area contributed by atoms with Crippen LogP contribution in [0.2, 0.25) is 0 Å². The molecule has 1 unspecified atom stereocenters. The number of rotatable bonds is 5. The van der Waals surface area contributed by atoms with Crippen LogP contribution in [0.5, 0.6) is 5.75 Å². The number of nitrogens with zero attached hydrogens (tertiary/aromatic N) is 1. The third-order valence-electron chi connectivity index (χ3n) is 3.33. The van der Waals surface area contributed by atoms with Gasteiger partial charge in [0.1, 0.15) is 18.4 Å². The summed E-state index contributed by atoms with van der Waals surface area (Å²) in [6.07, 6.45) is 2.35. The minimum Gasteiger partial charge on any atom is -0.490 e. The van der Waals surface area contributed by atoms with E-state index in [1.54, 1.807) is 0 Å². The minimum absolute atomic E-state index is 0.230. The van der Waals surface area contributed by atoms with Crippen LogP contribution in [0.1, 0.15) is 12.8 Å². The van der Waals surface area contributed by atoms with Gasteiger partial charge in [-0.05, 0) is 24.3 Å². The molecule has 3 rings (SSSR count). The Morgan fingerprint density at radius 2 is 2.00 bits per heavy atom. The zero-order valence-electron chi connectivity index (χ0n) is 10.7. The molecule has 0 aromatic heterocycles. The van der Waals surface area contributed by atoms with Crippen molar-refractivity contribution >= 4 is 10.8 Å². The quantitative estimate of drug-likeness (QED) is 0.890. The summed E-state index contributed by atoms with van der Waals surface area (Å²) in [5, 5.41) is 14.6. The Balaban J connectivity index is 1.72. The van der Waals surface area contributed by atoms with Crippen LogP contribution >= 0.6 is 0 Å². The Kier molecular flexibility index (Phi) is 3.35. The molecule has 19 heavy (non-hydrogen) atoms. The highest BCUT2D eigenvalue weighted by Crippen LogP contribution is 2.25. The first-order chi connectivity index (χ1) is 9.36. The predicted molar refractivity (Wildman–Crippen MR) is 75.0 cm³/mol. The van der Waals surface area contributed by atoms with Crippen molar-refractivity contribution in [3.05, 3.63) is 42.5 Å². The largest absolute Gasteiger partial charge is 0.490 e. The number of nitriles is 1. The molecule has 0 heterocycles. The molecule has 1 fully saturated rings. The van der Waals surface area contributed by atoms with Gasteiger partial charge < -0.3 is 4.74 Å². The van der Waals surface area contributed by atoms with E-state index in [4.69, 9.17) is 10.00 Å². The Morgan fingerprint density at radius 3 is 2.79 bits per heavy atom. The van der Waals surface area contributed by atoms with Crippen molar-refractivity contribution in [2.75, 3.05) is 6.61 Å². The maximum Gasteiger partial charge on any atom is 0.130 e. The second kappa shape index (κ2) is 5.29. The van der Waals surface area contributed by atoms with E-state index in [1.165, 1.54) is 12.8 Å². The van der Waals surface area contributed by atoms with Crippen LogP contribution in [-0.4, -0.2) is 18.7 Å². The maximum atomic E-state index is 9.10. The Bertz CT molecular complexity index is 608. The molecule has 1 aliphatic rings. The summed E-state index contributed by atoms with van der Waals surface area (Å²) in [6.45, 7) is 0.390. The fraction of sp³-hybridized carbons (Fsp3) is 0.312. The zero-order valence-corrected chi connectivity index (χ0v) is 10.7. The van der Waals surface area contributed by atoms with Crippen molar-refractivity contribution in [2.45, 2.75) is 24.9 Å². The molecular weight excluding hydrogens is 236 g/mol. The number of benzene rings is 2. The van der Waals surface area contributed by atoms with E-state index in [0.29, 0.717) is 12.6 Å². The van der Waals surface area contributed by atoms with Gasteiger partial charge in [0.25, 0.3) is 0 Å². The average Bonchev–Trinajstić information content (AvgIpc) is 3.27. The summed E-state index contributed by atoms with van der Waals surface area (Å²) in [6, 6.07) is 16.6. The fourth-order valence-corrected chi connectivity index (χ4v) is 2.15. The van der Waals surface area contributed by atoms with Gasteiger partial charge in [0.05, 0.1) is 6.07 Å². The van der Waals surface area contributed by atoms with Crippen LogP contribution in [0.3, 0.4) is 0 Å². The summed E-state index contributed by atoms with van der Waals surface area (Å²) >= 11 is 0. The second-order valence-corrected chi connectivity index (χ2v) is 4.91. The first-order valence-electron chi connectivity index (χ1n) is 6.63. The van der Waals surface area contributed by atoms with Crippen molar-refractivity contribution in [3.8, 4) is 11.8 Å². The monoisotopic (exact) mass is 252 g/mol. The third-order valence-corrected chi connectivity index (χ3v) is 3.33. The number of ether oxygens (including phenoxy) is 1. The molecule has 0 aliphatic heterocycles. The summed E-state index contributed by atoms with van der Waals surface area (Å²) in [4.78, 5) is 0. The first-order valence-corrected chi connectivity index (χ1v) is 6.63. The Hall–Kier alpha value is -2.05.